The third kappa shape index (κ3) is 4.27. The molecule has 0 bridgehead atoms. The van der Waals surface area contributed by atoms with Crippen molar-refractivity contribution in [2.75, 3.05) is 0 Å². The van der Waals surface area contributed by atoms with Crippen LogP contribution in [0.5, 0.6) is 0 Å². The van der Waals surface area contributed by atoms with E-state index in [4.69, 9.17) is 4.74 Å². The van der Waals surface area contributed by atoms with E-state index in [1.54, 1.807) is 10.7 Å². The SMILES string of the molecule is CC(=O)N[C@@H](CCC(=O)OCc1ccccc1)c1nnc2c3ccccc3cnn12. The largest absolute Gasteiger partial charge is 0.461 e. The predicted molar refractivity (Wildman–Crippen MR) is 110 cm³/mol. The van der Waals surface area contributed by atoms with Gasteiger partial charge in [0, 0.05) is 24.1 Å². The summed E-state index contributed by atoms with van der Waals surface area (Å²) in [5.41, 5.74) is 1.52. The number of fused-ring (bicyclic) bond motifs is 3. The van der Waals surface area contributed by atoms with Crippen LogP contribution >= 0.6 is 0 Å². The molecule has 152 valence electrons. The van der Waals surface area contributed by atoms with Gasteiger partial charge in [0.25, 0.3) is 0 Å². The molecule has 0 unspecified atom stereocenters. The first-order chi connectivity index (χ1) is 14.6. The normalized spacial score (nSPS) is 12.0. The van der Waals surface area contributed by atoms with Gasteiger partial charge in [-0.05, 0) is 12.0 Å². The second-order valence-electron chi connectivity index (χ2n) is 6.96. The zero-order valence-corrected chi connectivity index (χ0v) is 16.5. The summed E-state index contributed by atoms with van der Waals surface area (Å²) in [5.74, 6) is -0.0987. The molecule has 1 N–H and O–H groups in total. The van der Waals surface area contributed by atoms with E-state index in [9.17, 15) is 9.59 Å². The molecule has 2 aromatic carbocycles. The van der Waals surface area contributed by atoms with E-state index in [2.05, 4.69) is 20.6 Å². The van der Waals surface area contributed by atoms with Gasteiger partial charge in [0.1, 0.15) is 6.61 Å². The molecule has 8 heteroatoms. The lowest BCUT2D eigenvalue weighted by molar-refractivity contribution is -0.145. The molecule has 0 fully saturated rings. The van der Waals surface area contributed by atoms with Gasteiger partial charge in [0.15, 0.2) is 11.5 Å². The smallest absolute Gasteiger partial charge is 0.306 e. The number of rotatable bonds is 7. The molecule has 2 heterocycles. The quantitative estimate of drug-likeness (QED) is 0.476. The molecule has 0 aliphatic heterocycles. The molecular formula is C22H21N5O3. The summed E-state index contributed by atoms with van der Waals surface area (Å²) in [4.78, 5) is 24.0. The van der Waals surface area contributed by atoms with Gasteiger partial charge in [-0.1, -0.05) is 54.6 Å². The van der Waals surface area contributed by atoms with Gasteiger partial charge in [-0.3, -0.25) is 9.59 Å². The molecular weight excluding hydrogens is 382 g/mol. The molecule has 8 nitrogen and oxygen atoms in total. The van der Waals surface area contributed by atoms with Gasteiger partial charge in [0.2, 0.25) is 5.91 Å². The lowest BCUT2D eigenvalue weighted by Gasteiger charge is -2.15. The molecule has 0 spiro atoms. The molecule has 30 heavy (non-hydrogen) atoms. The van der Waals surface area contributed by atoms with Crippen LogP contribution in [-0.4, -0.2) is 31.7 Å². The molecule has 4 rings (SSSR count). The van der Waals surface area contributed by atoms with Gasteiger partial charge in [-0.25, -0.2) is 0 Å². The fourth-order valence-corrected chi connectivity index (χ4v) is 3.31. The number of amides is 1. The van der Waals surface area contributed by atoms with Crippen LogP contribution in [0.15, 0.2) is 60.8 Å². The van der Waals surface area contributed by atoms with Crippen LogP contribution in [0.25, 0.3) is 16.4 Å². The van der Waals surface area contributed by atoms with Gasteiger partial charge in [0.05, 0.1) is 12.2 Å². The van der Waals surface area contributed by atoms with Crippen molar-refractivity contribution in [2.45, 2.75) is 32.4 Å². The third-order valence-corrected chi connectivity index (χ3v) is 4.75. The molecule has 0 saturated carbocycles. The summed E-state index contributed by atoms with van der Waals surface area (Å²) in [6.45, 7) is 1.64. The van der Waals surface area contributed by atoms with Crippen molar-refractivity contribution >= 4 is 28.3 Å². The van der Waals surface area contributed by atoms with E-state index < -0.39 is 6.04 Å². The summed E-state index contributed by atoms with van der Waals surface area (Å²) in [6, 6.07) is 16.7. The molecule has 0 aliphatic carbocycles. The Morgan fingerprint density at radius 1 is 1.07 bits per heavy atom. The maximum absolute atomic E-state index is 12.2. The van der Waals surface area contributed by atoms with E-state index >= 15 is 0 Å². The lowest BCUT2D eigenvalue weighted by atomic mass is 10.1. The Balaban J connectivity index is 1.50. The maximum Gasteiger partial charge on any atom is 0.306 e. The van der Waals surface area contributed by atoms with Crippen LogP contribution in [0.4, 0.5) is 0 Å². The Labute approximate surface area is 172 Å². The van der Waals surface area contributed by atoms with Crippen LogP contribution < -0.4 is 5.32 Å². The third-order valence-electron chi connectivity index (χ3n) is 4.75. The fourth-order valence-electron chi connectivity index (χ4n) is 3.31. The molecule has 1 atom stereocenters. The van der Waals surface area contributed by atoms with Crippen molar-refractivity contribution < 1.29 is 14.3 Å². The van der Waals surface area contributed by atoms with Crippen molar-refractivity contribution in [3.8, 4) is 0 Å². The van der Waals surface area contributed by atoms with Crippen LogP contribution in [-0.2, 0) is 20.9 Å². The predicted octanol–water partition coefficient (Wildman–Crippen LogP) is 2.98. The van der Waals surface area contributed by atoms with Crippen LogP contribution in [0, 0.1) is 0 Å². The highest BCUT2D eigenvalue weighted by Gasteiger charge is 2.22. The minimum atomic E-state index is -0.518. The number of esters is 1. The number of carbonyl (C=O) groups is 2. The Morgan fingerprint density at radius 2 is 1.83 bits per heavy atom. The lowest BCUT2D eigenvalue weighted by Crippen LogP contribution is -2.28. The summed E-state index contributed by atoms with van der Waals surface area (Å²) < 4.78 is 6.95. The van der Waals surface area contributed by atoms with E-state index in [1.165, 1.54) is 6.92 Å². The number of nitrogens with one attached hydrogen (secondary N) is 1. The zero-order chi connectivity index (χ0) is 20.9. The van der Waals surface area contributed by atoms with Crippen LogP contribution in [0.1, 0.15) is 37.2 Å². The minimum absolute atomic E-state index is 0.125. The Kier molecular flexibility index (Phi) is 5.65. The molecule has 2 aromatic heterocycles. The van der Waals surface area contributed by atoms with Gasteiger partial charge < -0.3 is 10.1 Å². The van der Waals surface area contributed by atoms with Crippen molar-refractivity contribution in [2.24, 2.45) is 0 Å². The second-order valence-corrected chi connectivity index (χ2v) is 6.96. The first-order valence-corrected chi connectivity index (χ1v) is 9.67. The Hall–Kier alpha value is -3.81. The Bertz CT molecular complexity index is 1190. The summed E-state index contributed by atoms with van der Waals surface area (Å²) in [7, 11) is 0. The number of nitrogens with zero attached hydrogens (tertiary/aromatic N) is 4. The number of carbonyl (C=O) groups excluding carboxylic acids is 2. The summed E-state index contributed by atoms with van der Waals surface area (Å²) >= 11 is 0. The van der Waals surface area contributed by atoms with Crippen LogP contribution in [0.3, 0.4) is 0 Å². The maximum atomic E-state index is 12.2. The van der Waals surface area contributed by atoms with E-state index in [-0.39, 0.29) is 24.9 Å². The average Bonchev–Trinajstić information content (AvgIpc) is 3.20. The number of ether oxygens (including phenoxy) is 1. The molecule has 0 aliphatic rings. The molecule has 0 radical (unpaired) electrons. The van der Waals surface area contributed by atoms with Gasteiger partial charge in [-0.15, -0.1) is 10.2 Å². The molecule has 1 amide bonds. The fraction of sp³-hybridized carbons (Fsp3) is 0.227. The summed E-state index contributed by atoms with van der Waals surface area (Å²) in [5, 5.41) is 17.6. The number of hydrogen-bond acceptors (Lipinski definition) is 6. The average molecular weight is 403 g/mol. The standard InChI is InChI=1S/C22H21N5O3/c1-15(28)24-19(11-12-20(29)30-14-16-7-3-2-4-8-16)22-26-25-21-18-10-6-5-9-17(18)13-23-27(21)22/h2-10,13,19H,11-12,14H2,1H3,(H,24,28)/t19-/m0/s1. The highest BCUT2D eigenvalue weighted by Crippen LogP contribution is 2.22. The number of benzene rings is 2. The van der Waals surface area contributed by atoms with E-state index in [0.29, 0.717) is 17.9 Å². The zero-order valence-electron chi connectivity index (χ0n) is 16.5. The highest BCUT2D eigenvalue weighted by atomic mass is 16.5. The van der Waals surface area contributed by atoms with Crippen molar-refractivity contribution in [3.63, 3.8) is 0 Å². The van der Waals surface area contributed by atoms with Crippen LogP contribution in [0.2, 0.25) is 0 Å². The minimum Gasteiger partial charge on any atom is -0.461 e. The van der Waals surface area contributed by atoms with E-state index in [1.807, 2.05) is 54.6 Å². The van der Waals surface area contributed by atoms with Crippen molar-refractivity contribution in [1.82, 2.24) is 25.1 Å². The van der Waals surface area contributed by atoms with Gasteiger partial charge in [-0.2, -0.15) is 9.61 Å². The van der Waals surface area contributed by atoms with E-state index in [0.717, 1.165) is 16.3 Å². The van der Waals surface area contributed by atoms with Gasteiger partial charge >= 0.3 is 5.97 Å². The number of hydrogen-bond donors (Lipinski definition) is 1. The van der Waals surface area contributed by atoms with Crippen molar-refractivity contribution in [1.29, 1.82) is 0 Å². The highest BCUT2D eigenvalue weighted by molar-refractivity contribution is 5.92. The monoisotopic (exact) mass is 403 g/mol. The molecule has 0 saturated heterocycles. The molecule has 4 aromatic rings. The first kappa shape index (κ1) is 19.5. The first-order valence-electron chi connectivity index (χ1n) is 9.67. The Morgan fingerprint density at radius 3 is 2.63 bits per heavy atom. The topological polar surface area (TPSA) is 98.5 Å². The van der Waals surface area contributed by atoms with Crippen molar-refractivity contribution in [3.05, 3.63) is 72.2 Å². The number of aromatic nitrogens is 4. The summed E-state index contributed by atoms with van der Waals surface area (Å²) in [6.07, 6.45) is 2.18. The second kappa shape index (κ2) is 8.69.